The lowest BCUT2D eigenvalue weighted by Crippen LogP contribution is -2.75. The van der Waals surface area contributed by atoms with Crippen LogP contribution in [0.2, 0.25) is 0 Å². The smallest absolute Gasteiger partial charge is 0.302 e. The quantitative estimate of drug-likeness (QED) is 0.439. The summed E-state index contributed by atoms with van der Waals surface area (Å²) in [6.45, 7) is 7.74. The van der Waals surface area contributed by atoms with Crippen molar-refractivity contribution in [1.82, 2.24) is 0 Å². The van der Waals surface area contributed by atoms with E-state index in [1.165, 1.54) is 6.92 Å². The van der Waals surface area contributed by atoms with Crippen LogP contribution in [0.5, 0.6) is 0 Å². The first-order valence-electron chi connectivity index (χ1n) is 10.7. The van der Waals surface area contributed by atoms with Gasteiger partial charge in [-0.1, -0.05) is 19.9 Å². The summed E-state index contributed by atoms with van der Waals surface area (Å²) < 4.78 is 11.6. The van der Waals surface area contributed by atoms with Crippen LogP contribution in [0.15, 0.2) is 12.2 Å². The number of esters is 1. The lowest BCUT2D eigenvalue weighted by molar-refractivity contribution is -0.357. The van der Waals surface area contributed by atoms with Gasteiger partial charge in [0.25, 0.3) is 0 Å². The predicted molar refractivity (Wildman–Crippen MR) is 100 cm³/mol. The highest BCUT2D eigenvalue weighted by Crippen LogP contribution is 2.73. The van der Waals surface area contributed by atoms with Crippen LogP contribution in [0.25, 0.3) is 0 Å². The molecule has 29 heavy (non-hydrogen) atoms. The number of aliphatic hydroxyl groups excluding tert-OH is 3. The molecule has 3 N–H and O–H groups in total. The molecule has 1 aliphatic heterocycles. The minimum Gasteiger partial charge on any atom is -0.462 e. The van der Waals surface area contributed by atoms with Crippen molar-refractivity contribution in [1.29, 1.82) is 0 Å². The number of ether oxygens (including phenoxy) is 2. The summed E-state index contributed by atoms with van der Waals surface area (Å²) in [5.74, 6) is -2.19. The van der Waals surface area contributed by atoms with Gasteiger partial charge in [-0.05, 0) is 42.6 Å². The van der Waals surface area contributed by atoms with Gasteiger partial charge in [0, 0.05) is 24.2 Å². The fraction of sp³-hybridized carbons (Fsp3) is 0.818. The Balaban J connectivity index is 1.76. The number of carbonyl (C=O) groups is 2. The van der Waals surface area contributed by atoms with Gasteiger partial charge in [0.15, 0.2) is 12.1 Å². The maximum absolute atomic E-state index is 13.5. The van der Waals surface area contributed by atoms with Crippen molar-refractivity contribution in [2.45, 2.75) is 70.6 Å². The number of Topliss-reactive ketones (excluding diaryl/α,β-unsaturated/α-hetero) is 1. The molecule has 4 aliphatic carbocycles. The molecule has 0 aromatic heterocycles. The summed E-state index contributed by atoms with van der Waals surface area (Å²) in [6, 6.07) is 0. The van der Waals surface area contributed by atoms with E-state index in [1.807, 2.05) is 0 Å². The van der Waals surface area contributed by atoms with Gasteiger partial charge in [0.2, 0.25) is 0 Å². The molecule has 0 amide bonds. The number of fused-ring (bicyclic) bond motifs is 1. The Morgan fingerprint density at radius 3 is 2.66 bits per heavy atom. The maximum Gasteiger partial charge on any atom is 0.302 e. The normalized spacial score (nSPS) is 55.8. The molecule has 0 unspecified atom stereocenters. The summed E-state index contributed by atoms with van der Waals surface area (Å²) in [4.78, 5) is 25.5. The minimum atomic E-state index is -1.52. The molecule has 4 bridgehead atoms. The summed E-state index contributed by atoms with van der Waals surface area (Å²) in [7, 11) is 0. The van der Waals surface area contributed by atoms with E-state index in [0.29, 0.717) is 19.4 Å². The largest absolute Gasteiger partial charge is 0.462 e. The van der Waals surface area contributed by atoms with Crippen molar-refractivity contribution in [3.8, 4) is 0 Å². The van der Waals surface area contributed by atoms with Gasteiger partial charge in [-0.25, -0.2) is 0 Å². The van der Waals surface area contributed by atoms with Gasteiger partial charge in [-0.2, -0.15) is 0 Å². The summed E-state index contributed by atoms with van der Waals surface area (Å²) in [6.07, 6.45) is -1.10. The molecule has 7 nitrogen and oxygen atoms in total. The second kappa shape index (κ2) is 5.90. The number of hydrogen-bond acceptors (Lipinski definition) is 7. The first-order valence-corrected chi connectivity index (χ1v) is 10.7. The van der Waals surface area contributed by atoms with E-state index in [9.17, 15) is 24.9 Å². The predicted octanol–water partition coefficient (Wildman–Crippen LogP) is 0.946. The van der Waals surface area contributed by atoms with Crippen molar-refractivity contribution in [2.24, 2.45) is 34.0 Å². The topological polar surface area (TPSA) is 113 Å². The van der Waals surface area contributed by atoms with E-state index in [-0.39, 0.29) is 29.1 Å². The monoisotopic (exact) mass is 406 g/mol. The number of ketones is 1. The van der Waals surface area contributed by atoms with Crippen LogP contribution in [0.3, 0.4) is 0 Å². The second-order valence-corrected chi connectivity index (χ2v) is 10.3. The van der Waals surface area contributed by atoms with Gasteiger partial charge < -0.3 is 24.8 Å². The standard InChI is InChI=1S/C22H30O7/c1-10-12-7-13(29-11(2)23)16-21-6-4-5-20(3,9-28-19(21)27)14(21)8-15(24)22(16,17(10)25)18(12)26/h12-16,18-19,24,26-27H,1,4-9H2,2-3H3/t12-,13+,14-,15-,16-,18-,19-,20+,21+,22-/m0/s1. The molecule has 1 saturated heterocycles. The molecular formula is C22H30O7. The summed E-state index contributed by atoms with van der Waals surface area (Å²) >= 11 is 0. The van der Waals surface area contributed by atoms with Gasteiger partial charge >= 0.3 is 5.97 Å². The molecule has 0 radical (unpaired) electrons. The van der Waals surface area contributed by atoms with Crippen molar-refractivity contribution >= 4 is 11.8 Å². The Kier molecular flexibility index (Phi) is 4.00. The van der Waals surface area contributed by atoms with Crippen molar-refractivity contribution < 1.29 is 34.4 Å². The first kappa shape index (κ1) is 19.7. The molecule has 160 valence electrons. The minimum absolute atomic E-state index is 0.0957. The average Bonchev–Trinajstić information content (AvgIpc) is 2.76. The number of hydrogen-bond donors (Lipinski definition) is 3. The Hall–Kier alpha value is -1.28. The molecular weight excluding hydrogens is 376 g/mol. The molecule has 10 atom stereocenters. The van der Waals surface area contributed by atoms with Crippen molar-refractivity contribution in [3.05, 3.63) is 12.2 Å². The fourth-order valence-corrected chi connectivity index (χ4v) is 8.21. The number of rotatable bonds is 1. The molecule has 1 heterocycles. The molecule has 0 aromatic carbocycles. The summed E-state index contributed by atoms with van der Waals surface area (Å²) in [5.41, 5.74) is -2.34. The van der Waals surface area contributed by atoms with Crippen LogP contribution in [-0.4, -0.2) is 58.3 Å². The van der Waals surface area contributed by atoms with Crippen molar-refractivity contribution in [2.75, 3.05) is 6.61 Å². The Bertz CT molecular complexity index is 794. The van der Waals surface area contributed by atoms with E-state index in [4.69, 9.17) is 9.47 Å². The average molecular weight is 406 g/mol. The Morgan fingerprint density at radius 1 is 1.24 bits per heavy atom. The zero-order valence-corrected chi connectivity index (χ0v) is 17.0. The molecule has 5 aliphatic rings. The third kappa shape index (κ3) is 2.07. The van der Waals surface area contributed by atoms with Gasteiger partial charge in [0.05, 0.1) is 24.2 Å². The molecule has 1 spiro atoms. The highest BCUT2D eigenvalue weighted by Gasteiger charge is 2.80. The van der Waals surface area contributed by atoms with Crippen LogP contribution in [-0.2, 0) is 19.1 Å². The number of aliphatic hydroxyl groups is 3. The van der Waals surface area contributed by atoms with Gasteiger partial charge in [-0.3, -0.25) is 9.59 Å². The second-order valence-electron chi connectivity index (χ2n) is 10.3. The molecule has 4 saturated carbocycles. The zero-order chi connectivity index (χ0) is 20.9. The van der Waals surface area contributed by atoms with Crippen LogP contribution in [0.1, 0.15) is 46.0 Å². The SMILES string of the molecule is C=C1C(=O)[C@]23[C@@H](O)C[C@H]4[C@]5(C)CCC[C@]4([C@@H](O)OC5)[C@@H]2[C@H](OC(C)=O)C[C@@H]1[C@@H]3O. The highest BCUT2D eigenvalue weighted by atomic mass is 16.6. The van der Waals surface area contributed by atoms with Crippen LogP contribution in [0.4, 0.5) is 0 Å². The van der Waals surface area contributed by atoms with Crippen LogP contribution >= 0.6 is 0 Å². The third-order valence-corrected chi connectivity index (χ3v) is 9.16. The van der Waals surface area contributed by atoms with E-state index >= 15 is 0 Å². The van der Waals surface area contributed by atoms with E-state index in [0.717, 1.165) is 12.8 Å². The molecule has 0 aromatic rings. The third-order valence-electron chi connectivity index (χ3n) is 9.16. The lowest BCUT2D eigenvalue weighted by Gasteiger charge is -2.70. The Labute approximate surface area is 170 Å². The lowest BCUT2D eigenvalue weighted by atomic mass is 9.37. The number of carbonyl (C=O) groups excluding carboxylic acids is 2. The first-order chi connectivity index (χ1) is 13.6. The maximum atomic E-state index is 13.5. The van der Waals surface area contributed by atoms with Crippen LogP contribution < -0.4 is 0 Å². The summed E-state index contributed by atoms with van der Waals surface area (Å²) in [5, 5.41) is 33.9. The zero-order valence-electron chi connectivity index (χ0n) is 17.0. The fourth-order valence-electron chi connectivity index (χ4n) is 8.21. The molecule has 5 rings (SSSR count). The highest BCUT2D eigenvalue weighted by molar-refractivity contribution is 6.04. The Morgan fingerprint density at radius 2 is 1.97 bits per heavy atom. The van der Waals surface area contributed by atoms with E-state index in [2.05, 4.69) is 13.5 Å². The van der Waals surface area contributed by atoms with E-state index < -0.39 is 53.2 Å². The molecule has 7 heteroatoms. The molecule has 5 fully saturated rings. The van der Waals surface area contributed by atoms with E-state index in [1.54, 1.807) is 0 Å². The van der Waals surface area contributed by atoms with Gasteiger partial charge in [-0.15, -0.1) is 0 Å². The van der Waals surface area contributed by atoms with Gasteiger partial charge in [0.1, 0.15) is 6.10 Å². The van der Waals surface area contributed by atoms with Crippen LogP contribution in [0, 0.1) is 34.0 Å². The van der Waals surface area contributed by atoms with Crippen molar-refractivity contribution in [3.63, 3.8) is 0 Å².